The fourth-order valence-electron chi connectivity index (χ4n) is 3.05. The van der Waals surface area contributed by atoms with Crippen molar-refractivity contribution in [3.63, 3.8) is 0 Å². The maximum atomic E-state index is 12.5. The standard InChI is InChI=1S/C19H24N4O2/c20-18-12-15(7-9-22-18)3-5-17-14-23(10-11-25-17)19(24)6-4-16-2-1-8-21-13-16/h1-2,7-9,12-13,17H,3-6,10-11,14H2,(H2,20,22). The summed E-state index contributed by atoms with van der Waals surface area (Å²) in [4.78, 5) is 22.5. The fraction of sp³-hybridized carbons (Fsp3) is 0.421. The number of hydrogen-bond donors (Lipinski definition) is 1. The van der Waals surface area contributed by atoms with Crippen molar-refractivity contribution >= 4 is 11.7 Å². The van der Waals surface area contributed by atoms with Crippen molar-refractivity contribution in [1.82, 2.24) is 14.9 Å². The lowest BCUT2D eigenvalue weighted by Crippen LogP contribution is -2.45. The lowest BCUT2D eigenvalue weighted by molar-refractivity contribution is -0.138. The number of ether oxygens (including phenoxy) is 1. The zero-order valence-corrected chi connectivity index (χ0v) is 14.3. The molecule has 6 heteroatoms. The molecule has 3 rings (SSSR count). The number of hydrogen-bond acceptors (Lipinski definition) is 5. The van der Waals surface area contributed by atoms with Crippen LogP contribution in [0.5, 0.6) is 0 Å². The van der Waals surface area contributed by atoms with E-state index in [0.29, 0.717) is 31.9 Å². The molecule has 25 heavy (non-hydrogen) atoms. The van der Waals surface area contributed by atoms with Gasteiger partial charge in [-0.25, -0.2) is 4.98 Å². The first kappa shape index (κ1) is 17.4. The van der Waals surface area contributed by atoms with Gasteiger partial charge in [0.05, 0.1) is 12.7 Å². The summed E-state index contributed by atoms with van der Waals surface area (Å²) in [5.41, 5.74) is 7.95. The Bertz CT molecular complexity index is 693. The van der Waals surface area contributed by atoms with E-state index in [2.05, 4.69) is 9.97 Å². The molecule has 132 valence electrons. The Morgan fingerprint density at radius 2 is 2.20 bits per heavy atom. The van der Waals surface area contributed by atoms with E-state index in [9.17, 15) is 4.79 Å². The number of nitrogen functional groups attached to an aromatic ring is 1. The average Bonchev–Trinajstić information content (AvgIpc) is 2.65. The van der Waals surface area contributed by atoms with Gasteiger partial charge in [0.15, 0.2) is 0 Å². The highest BCUT2D eigenvalue weighted by molar-refractivity contribution is 5.76. The van der Waals surface area contributed by atoms with Crippen molar-refractivity contribution in [2.24, 2.45) is 0 Å². The van der Waals surface area contributed by atoms with Crippen LogP contribution in [0.25, 0.3) is 0 Å². The second-order valence-electron chi connectivity index (χ2n) is 6.32. The molecule has 0 bridgehead atoms. The summed E-state index contributed by atoms with van der Waals surface area (Å²) in [6.45, 7) is 1.93. The van der Waals surface area contributed by atoms with Crippen LogP contribution in [-0.2, 0) is 22.4 Å². The van der Waals surface area contributed by atoms with E-state index < -0.39 is 0 Å². The van der Waals surface area contributed by atoms with Crippen LogP contribution in [0.2, 0.25) is 0 Å². The van der Waals surface area contributed by atoms with E-state index in [4.69, 9.17) is 10.5 Å². The van der Waals surface area contributed by atoms with Gasteiger partial charge < -0.3 is 15.4 Å². The second kappa shape index (κ2) is 8.58. The number of aryl methyl sites for hydroxylation is 2. The van der Waals surface area contributed by atoms with Crippen LogP contribution in [0.4, 0.5) is 5.82 Å². The molecule has 1 fully saturated rings. The molecular formula is C19H24N4O2. The van der Waals surface area contributed by atoms with Gasteiger partial charge in [0.25, 0.3) is 0 Å². The van der Waals surface area contributed by atoms with E-state index in [0.717, 1.165) is 30.4 Å². The highest BCUT2D eigenvalue weighted by atomic mass is 16.5. The predicted octanol–water partition coefficient (Wildman–Crippen LogP) is 1.85. The van der Waals surface area contributed by atoms with Crippen LogP contribution >= 0.6 is 0 Å². The Labute approximate surface area is 148 Å². The lowest BCUT2D eigenvalue weighted by atomic mass is 10.1. The number of carbonyl (C=O) groups excluding carboxylic acids is 1. The molecule has 1 aliphatic rings. The van der Waals surface area contributed by atoms with Crippen molar-refractivity contribution in [3.8, 4) is 0 Å². The molecular weight excluding hydrogens is 316 g/mol. The lowest BCUT2D eigenvalue weighted by Gasteiger charge is -2.33. The zero-order valence-electron chi connectivity index (χ0n) is 14.3. The number of pyridine rings is 2. The Balaban J connectivity index is 1.46. The molecule has 0 aromatic carbocycles. The molecule has 3 heterocycles. The Hall–Kier alpha value is -2.47. The number of aromatic nitrogens is 2. The van der Waals surface area contributed by atoms with Gasteiger partial charge in [-0.2, -0.15) is 0 Å². The maximum absolute atomic E-state index is 12.5. The van der Waals surface area contributed by atoms with Gasteiger partial charge in [-0.15, -0.1) is 0 Å². The fourth-order valence-corrected chi connectivity index (χ4v) is 3.05. The molecule has 0 saturated carbocycles. The summed E-state index contributed by atoms with van der Waals surface area (Å²) in [5, 5.41) is 0. The van der Waals surface area contributed by atoms with Gasteiger partial charge in [-0.1, -0.05) is 6.07 Å². The molecule has 1 saturated heterocycles. The Morgan fingerprint density at radius 1 is 1.28 bits per heavy atom. The van der Waals surface area contributed by atoms with Crippen molar-refractivity contribution in [1.29, 1.82) is 0 Å². The molecule has 0 aliphatic carbocycles. The summed E-state index contributed by atoms with van der Waals surface area (Å²) in [7, 11) is 0. The van der Waals surface area contributed by atoms with E-state index in [1.807, 2.05) is 35.4 Å². The highest BCUT2D eigenvalue weighted by Gasteiger charge is 2.23. The first-order chi connectivity index (χ1) is 12.2. The molecule has 0 spiro atoms. The van der Waals surface area contributed by atoms with Gasteiger partial charge >= 0.3 is 0 Å². The minimum atomic E-state index is 0.0745. The van der Waals surface area contributed by atoms with Crippen LogP contribution < -0.4 is 5.73 Å². The van der Waals surface area contributed by atoms with E-state index in [-0.39, 0.29) is 12.0 Å². The van der Waals surface area contributed by atoms with Crippen molar-refractivity contribution in [3.05, 3.63) is 54.0 Å². The van der Waals surface area contributed by atoms with Crippen molar-refractivity contribution in [2.45, 2.75) is 31.8 Å². The number of morpholine rings is 1. The van der Waals surface area contributed by atoms with Gasteiger partial charge in [0.1, 0.15) is 5.82 Å². The molecule has 2 aromatic rings. The third kappa shape index (κ3) is 5.26. The minimum Gasteiger partial charge on any atom is -0.384 e. The molecule has 1 atom stereocenters. The van der Waals surface area contributed by atoms with Crippen LogP contribution in [0.3, 0.4) is 0 Å². The minimum absolute atomic E-state index is 0.0745. The third-order valence-corrected chi connectivity index (χ3v) is 4.44. The molecule has 0 radical (unpaired) electrons. The molecule has 1 aliphatic heterocycles. The van der Waals surface area contributed by atoms with Crippen LogP contribution in [0, 0.1) is 0 Å². The molecule has 1 unspecified atom stereocenters. The van der Waals surface area contributed by atoms with E-state index >= 15 is 0 Å². The number of anilines is 1. The van der Waals surface area contributed by atoms with Crippen LogP contribution in [0.1, 0.15) is 24.0 Å². The van der Waals surface area contributed by atoms with Crippen molar-refractivity contribution in [2.75, 3.05) is 25.4 Å². The van der Waals surface area contributed by atoms with Gasteiger partial charge in [0, 0.05) is 38.1 Å². The van der Waals surface area contributed by atoms with Gasteiger partial charge in [0.2, 0.25) is 5.91 Å². The summed E-state index contributed by atoms with van der Waals surface area (Å²) in [6, 6.07) is 7.76. The summed E-state index contributed by atoms with van der Waals surface area (Å²) >= 11 is 0. The molecule has 2 N–H and O–H groups in total. The first-order valence-electron chi connectivity index (χ1n) is 8.69. The molecule has 2 aromatic heterocycles. The van der Waals surface area contributed by atoms with E-state index in [1.54, 1.807) is 12.4 Å². The summed E-state index contributed by atoms with van der Waals surface area (Å²) in [6.07, 6.45) is 8.34. The second-order valence-corrected chi connectivity index (χ2v) is 6.32. The number of rotatable bonds is 6. The predicted molar refractivity (Wildman–Crippen MR) is 95.8 cm³/mol. The zero-order chi connectivity index (χ0) is 17.5. The number of nitrogens with zero attached hydrogens (tertiary/aromatic N) is 3. The van der Waals surface area contributed by atoms with Crippen LogP contribution in [-0.4, -0.2) is 46.6 Å². The normalized spacial score (nSPS) is 17.4. The third-order valence-electron chi connectivity index (χ3n) is 4.44. The summed E-state index contributed by atoms with van der Waals surface area (Å²) < 4.78 is 5.82. The number of nitrogens with two attached hydrogens (primary N) is 1. The topological polar surface area (TPSA) is 81.3 Å². The van der Waals surface area contributed by atoms with Crippen molar-refractivity contribution < 1.29 is 9.53 Å². The largest absolute Gasteiger partial charge is 0.384 e. The van der Waals surface area contributed by atoms with Crippen LogP contribution in [0.15, 0.2) is 42.9 Å². The smallest absolute Gasteiger partial charge is 0.223 e. The Morgan fingerprint density at radius 3 is 3.00 bits per heavy atom. The molecule has 6 nitrogen and oxygen atoms in total. The van der Waals surface area contributed by atoms with Gasteiger partial charge in [-0.3, -0.25) is 9.78 Å². The first-order valence-corrected chi connectivity index (χ1v) is 8.69. The van der Waals surface area contributed by atoms with Gasteiger partial charge in [-0.05, 0) is 48.6 Å². The molecule has 1 amide bonds. The SMILES string of the molecule is Nc1cc(CCC2CN(C(=O)CCc3cccnc3)CCO2)ccn1. The summed E-state index contributed by atoms with van der Waals surface area (Å²) in [5.74, 6) is 0.722. The maximum Gasteiger partial charge on any atom is 0.223 e. The number of carbonyl (C=O) groups is 1. The average molecular weight is 340 g/mol. The quantitative estimate of drug-likeness (QED) is 0.868. The Kier molecular flexibility index (Phi) is 5.95. The van der Waals surface area contributed by atoms with E-state index in [1.165, 1.54) is 0 Å². The number of amides is 1. The highest BCUT2D eigenvalue weighted by Crippen LogP contribution is 2.15. The monoisotopic (exact) mass is 340 g/mol.